The Morgan fingerprint density at radius 2 is 1.85 bits per heavy atom. The third-order valence-corrected chi connectivity index (χ3v) is 6.18. The van der Waals surface area contributed by atoms with E-state index >= 15 is 0 Å². The van der Waals surface area contributed by atoms with E-state index in [-0.39, 0.29) is 6.04 Å². The van der Waals surface area contributed by atoms with E-state index in [1.54, 1.807) is 0 Å². The molecule has 1 unspecified atom stereocenters. The summed E-state index contributed by atoms with van der Waals surface area (Å²) < 4.78 is 0. The van der Waals surface area contributed by atoms with Gasteiger partial charge in [-0.05, 0) is 61.3 Å². The van der Waals surface area contributed by atoms with E-state index in [9.17, 15) is 4.79 Å². The van der Waals surface area contributed by atoms with E-state index in [2.05, 4.69) is 58.5 Å². The van der Waals surface area contributed by atoms with Gasteiger partial charge in [-0.15, -0.1) is 0 Å². The standard InChI is InChI=1S/C24H26N2O/c27-24(15-12-18-16-25-22-10-4-3-8-20(18)22)26(19-13-14-19)23-11-5-7-17-6-1-2-9-21(17)23/h1-4,6,8-10,16,19,23,25H,5,7,11-15H2. The fourth-order valence-electron chi connectivity index (χ4n) is 4.71. The van der Waals surface area contributed by atoms with Gasteiger partial charge in [-0.2, -0.15) is 0 Å². The number of fused-ring (bicyclic) bond motifs is 2. The number of carbonyl (C=O) groups is 1. The lowest BCUT2D eigenvalue weighted by molar-refractivity contribution is -0.134. The number of aromatic amines is 1. The summed E-state index contributed by atoms with van der Waals surface area (Å²) in [7, 11) is 0. The second-order valence-electron chi connectivity index (χ2n) is 8.00. The molecule has 1 fully saturated rings. The summed E-state index contributed by atoms with van der Waals surface area (Å²) in [5, 5.41) is 1.24. The molecule has 3 nitrogen and oxygen atoms in total. The third kappa shape index (κ3) is 3.16. The minimum Gasteiger partial charge on any atom is -0.361 e. The summed E-state index contributed by atoms with van der Waals surface area (Å²) in [6.45, 7) is 0. The molecular weight excluding hydrogens is 332 g/mol. The van der Waals surface area contributed by atoms with Crippen molar-refractivity contribution in [3.63, 3.8) is 0 Å². The van der Waals surface area contributed by atoms with E-state index in [1.807, 2.05) is 6.07 Å². The quantitative estimate of drug-likeness (QED) is 0.671. The molecule has 0 radical (unpaired) electrons. The molecule has 1 heterocycles. The molecule has 0 spiro atoms. The summed E-state index contributed by atoms with van der Waals surface area (Å²) in [5.41, 5.74) is 5.22. The molecule has 1 N–H and O–H groups in total. The second-order valence-corrected chi connectivity index (χ2v) is 8.00. The number of amides is 1. The number of rotatable bonds is 5. The second kappa shape index (κ2) is 6.88. The first kappa shape index (κ1) is 16.6. The molecule has 2 aromatic carbocycles. The van der Waals surface area contributed by atoms with Gasteiger partial charge in [-0.25, -0.2) is 0 Å². The first-order valence-corrected chi connectivity index (χ1v) is 10.3. The van der Waals surface area contributed by atoms with Crippen LogP contribution in [0.15, 0.2) is 54.7 Å². The molecule has 1 saturated carbocycles. The van der Waals surface area contributed by atoms with Gasteiger partial charge in [0.25, 0.3) is 0 Å². The number of para-hydroxylation sites is 1. The van der Waals surface area contributed by atoms with Crippen LogP contribution in [0, 0.1) is 0 Å². The van der Waals surface area contributed by atoms with Crippen LogP contribution in [0.3, 0.4) is 0 Å². The topological polar surface area (TPSA) is 36.1 Å². The van der Waals surface area contributed by atoms with Crippen molar-refractivity contribution >= 4 is 16.8 Å². The Hall–Kier alpha value is -2.55. The molecule has 27 heavy (non-hydrogen) atoms. The average molecular weight is 358 g/mol. The van der Waals surface area contributed by atoms with Crippen LogP contribution in [0.2, 0.25) is 0 Å². The highest BCUT2D eigenvalue weighted by atomic mass is 16.2. The fraction of sp³-hybridized carbons (Fsp3) is 0.375. The first-order valence-electron chi connectivity index (χ1n) is 10.3. The Balaban J connectivity index is 1.36. The Kier molecular flexibility index (Phi) is 4.23. The highest BCUT2D eigenvalue weighted by Gasteiger charge is 2.39. The number of benzene rings is 2. The molecule has 1 atom stereocenters. The largest absolute Gasteiger partial charge is 0.361 e. The van der Waals surface area contributed by atoms with E-state index < -0.39 is 0 Å². The van der Waals surface area contributed by atoms with Crippen molar-refractivity contribution in [1.82, 2.24) is 9.88 Å². The normalized spacial score (nSPS) is 19.0. The van der Waals surface area contributed by atoms with E-state index in [0.29, 0.717) is 18.4 Å². The number of nitrogens with one attached hydrogen (secondary N) is 1. The average Bonchev–Trinajstić information content (AvgIpc) is 3.46. The molecule has 0 bridgehead atoms. The van der Waals surface area contributed by atoms with Crippen molar-refractivity contribution in [3.05, 3.63) is 71.4 Å². The molecule has 1 amide bonds. The monoisotopic (exact) mass is 358 g/mol. The minimum absolute atomic E-state index is 0.276. The zero-order chi connectivity index (χ0) is 18.2. The smallest absolute Gasteiger partial charge is 0.223 e. The summed E-state index contributed by atoms with van der Waals surface area (Å²) >= 11 is 0. The van der Waals surface area contributed by atoms with Crippen molar-refractivity contribution in [2.24, 2.45) is 0 Å². The third-order valence-electron chi connectivity index (χ3n) is 6.18. The molecule has 3 aromatic rings. The lowest BCUT2D eigenvalue weighted by Crippen LogP contribution is -2.38. The van der Waals surface area contributed by atoms with Gasteiger partial charge in [0.15, 0.2) is 0 Å². The molecule has 0 aliphatic heterocycles. The summed E-state index contributed by atoms with van der Waals surface area (Å²) in [5.74, 6) is 0.324. The van der Waals surface area contributed by atoms with Crippen LogP contribution >= 0.6 is 0 Å². The van der Waals surface area contributed by atoms with Gasteiger partial charge >= 0.3 is 0 Å². The van der Waals surface area contributed by atoms with Gasteiger partial charge in [0.05, 0.1) is 6.04 Å². The molecule has 2 aliphatic rings. The Morgan fingerprint density at radius 3 is 2.74 bits per heavy atom. The summed E-state index contributed by atoms with van der Waals surface area (Å²) in [6, 6.07) is 17.8. The number of aryl methyl sites for hydroxylation is 2. The minimum atomic E-state index is 0.276. The van der Waals surface area contributed by atoms with Crippen molar-refractivity contribution in [3.8, 4) is 0 Å². The van der Waals surface area contributed by atoms with Gasteiger partial charge < -0.3 is 9.88 Å². The molecular formula is C24H26N2O. The number of H-pyrrole nitrogens is 1. The first-order chi connectivity index (χ1) is 13.3. The Bertz CT molecular complexity index is 969. The van der Waals surface area contributed by atoms with Gasteiger partial charge in [0.2, 0.25) is 5.91 Å². The van der Waals surface area contributed by atoms with E-state index in [4.69, 9.17) is 0 Å². The highest BCUT2D eigenvalue weighted by Crippen LogP contribution is 2.41. The van der Waals surface area contributed by atoms with E-state index in [1.165, 1.54) is 28.5 Å². The van der Waals surface area contributed by atoms with Crippen LogP contribution in [0.1, 0.15) is 54.8 Å². The van der Waals surface area contributed by atoms with Crippen molar-refractivity contribution in [2.75, 3.05) is 0 Å². The molecule has 138 valence electrons. The molecule has 5 rings (SSSR count). The molecule has 3 heteroatoms. The van der Waals surface area contributed by atoms with Crippen molar-refractivity contribution in [1.29, 1.82) is 0 Å². The lowest BCUT2D eigenvalue weighted by Gasteiger charge is -2.36. The SMILES string of the molecule is O=C(CCc1c[nH]c2ccccc12)N(C1CC1)C1CCCc2ccccc21. The van der Waals surface area contributed by atoms with Crippen LogP contribution in [-0.4, -0.2) is 21.8 Å². The van der Waals surface area contributed by atoms with Crippen LogP contribution in [0.4, 0.5) is 0 Å². The number of aromatic nitrogens is 1. The summed E-state index contributed by atoms with van der Waals surface area (Å²) in [6.07, 6.45) is 9.23. The number of nitrogens with zero attached hydrogens (tertiary/aromatic N) is 1. The molecule has 1 aromatic heterocycles. The predicted octanol–water partition coefficient (Wildman–Crippen LogP) is 5.17. The zero-order valence-corrected chi connectivity index (χ0v) is 15.7. The van der Waals surface area contributed by atoms with Crippen LogP contribution in [0.25, 0.3) is 10.9 Å². The molecule has 2 aliphatic carbocycles. The van der Waals surface area contributed by atoms with Crippen LogP contribution < -0.4 is 0 Å². The maximum absolute atomic E-state index is 13.3. The van der Waals surface area contributed by atoms with Crippen LogP contribution in [-0.2, 0) is 17.6 Å². The fourth-order valence-corrected chi connectivity index (χ4v) is 4.71. The van der Waals surface area contributed by atoms with Gasteiger partial charge in [0, 0.05) is 29.6 Å². The Morgan fingerprint density at radius 1 is 1.04 bits per heavy atom. The zero-order valence-electron chi connectivity index (χ0n) is 15.7. The maximum atomic E-state index is 13.3. The number of carbonyl (C=O) groups excluding carboxylic acids is 1. The number of hydrogen-bond donors (Lipinski definition) is 1. The van der Waals surface area contributed by atoms with Gasteiger partial charge in [-0.3, -0.25) is 4.79 Å². The highest BCUT2D eigenvalue weighted by molar-refractivity contribution is 5.84. The predicted molar refractivity (Wildman–Crippen MR) is 109 cm³/mol. The lowest BCUT2D eigenvalue weighted by atomic mass is 9.86. The van der Waals surface area contributed by atoms with Crippen molar-refractivity contribution < 1.29 is 4.79 Å². The van der Waals surface area contributed by atoms with E-state index in [0.717, 1.165) is 37.6 Å². The Labute approximate surface area is 160 Å². The van der Waals surface area contributed by atoms with Crippen molar-refractivity contribution in [2.45, 2.75) is 57.0 Å². The maximum Gasteiger partial charge on any atom is 0.223 e. The summed E-state index contributed by atoms with van der Waals surface area (Å²) in [4.78, 5) is 18.9. The van der Waals surface area contributed by atoms with Gasteiger partial charge in [-0.1, -0.05) is 42.5 Å². The number of hydrogen-bond acceptors (Lipinski definition) is 1. The van der Waals surface area contributed by atoms with Gasteiger partial charge in [0.1, 0.15) is 0 Å². The molecule has 0 saturated heterocycles. The van der Waals surface area contributed by atoms with Crippen LogP contribution in [0.5, 0.6) is 0 Å².